The Bertz CT molecular complexity index is 427. The first-order valence-electron chi connectivity index (χ1n) is 7.70. The molecule has 1 spiro atoms. The molecule has 5 heteroatoms. The van der Waals surface area contributed by atoms with Crippen LogP contribution in [0.1, 0.15) is 40.5 Å². The number of aromatic nitrogens is 3. The standard InChI is InChI=1S/C13H20N4O.C2H6/c1-10(2)11-5-13(6-11)8-16(9-13)12(18)7-17-14-3-4-15-17;1-2/h3-4,10-11H,5-9H2,1-2H3;1-2H3. The Hall–Kier alpha value is -1.39. The second-order valence-corrected chi connectivity index (χ2v) is 6.22. The second kappa shape index (κ2) is 5.94. The molecule has 112 valence electrons. The van der Waals surface area contributed by atoms with Crippen molar-refractivity contribution < 1.29 is 4.79 Å². The maximum atomic E-state index is 12.0. The number of carbonyl (C=O) groups excluding carboxylic acids is 1. The summed E-state index contributed by atoms with van der Waals surface area (Å²) < 4.78 is 0. The van der Waals surface area contributed by atoms with Crippen molar-refractivity contribution in [3.63, 3.8) is 0 Å². The van der Waals surface area contributed by atoms with Gasteiger partial charge in [0, 0.05) is 18.5 Å². The van der Waals surface area contributed by atoms with Gasteiger partial charge in [0.1, 0.15) is 6.54 Å². The third-order valence-corrected chi connectivity index (χ3v) is 4.48. The molecule has 0 N–H and O–H groups in total. The van der Waals surface area contributed by atoms with Crippen LogP contribution in [0.25, 0.3) is 0 Å². The first-order chi connectivity index (χ1) is 9.58. The fourth-order valence-corrected chi connectivity index (χ4v) is 3.27. The summed E-state index contributed by atoms with van der Waals surface area (Å²) in [6, 6.07) is 0. The third-order valence-electron chi connectivity index (χ3n) is 4.48. The Morgan fingerprint density at radius 1 is 1.25 bits per heavy atom. The van der Waals surface area contributed by atoms with Gasteiger partial charge in [-0.15, -0.1) is 0 Å². The lowest BCUT2D eigenvalue weighted by Gasteiger charge is -2.60. The number of rotatable bonds is 3. The van der Waals surface area contributed by atoms with Crippen molar-refractivity contribution >= 4 is 5.91 Å². The zero-order valence-corrected chi connectivity index (χ0v) is 13.0. The predicted octanol–water partition coefficient (Wildman–Crippen LogP) is 2.20. The van der Waals surface area contributed by atoms with Crippen LogP contribution in [-0.2, 0) is 11.3 Å². The number of carbonyl (C=O) groups is 1. The van der Waals surface area contributed by atoms with Gasteiger partial charge in [0.15, 0.2) is 0 Å². The lowest BCUT2D eigenvalue weighted by molar-refractivity contribution is -0.158. The normalized spacial score (nSPS) is 20.1. The Kier molecular flexibility index (Phi) is 4.45. The highest BCUT2D eigenvalue weighted by atomic mass is 16.2. The van der Waals surface area contributed by atoms with Gasteiger partial charge in [-0.05, 0) is 24.7 Å². The van der Waals surface area contributed by atoms with Gasteiger partial charge in [0.05, 0.1) is 12.4 Å². The molecule has 3 rings (SSSR count). The Morgan fingerprint density at radius 2 is 1.80 bits per heavy atom. The van der Waals surface area contributed by atoms with Gasteiger partial charge in [0.2, 0.25) is 5.91 Å². The van der Waals surface area contributed by atoms with Crippen LogP contribution in [0.2, 0.25) is 0 Å². The van der Waals surface area contributed by atoms with E-state index < -0.39 is 0 Å². The number of amides is 1. The zero-order valence-electron chi connectivity index (χ0n) is 13.0. The Labute approximate surface area is 121 Å². The molecule has 1 aromatic heterocycles. The Balaban J connectivity index is 0.000000704. The fraction of sp³-hybridized carbons (Fsp3) is 0.800. The first-order valence-corrected chi connectivity index (χ1v) is 7.70. The lowest BCUT2D eigenvalue weighted by Crippen LogP contribution is -2.64. The van der Waals surface area contributed by atoms with E-state index in [0.29, 0.717) is 5.41 Å². The van der Waals surface area contributed by atoms with Crippen molar-refractivity contribution in [2.24, 2.45) is 17.3 Å². The van der Waals surface area contributed by atoms with E-state index in [-0.39, 0.29) is 12.5 Å². The van der Waals surface area contributed by atoms with Crippen molar-refractivity contribution in [3.05, 3.63) is 12.4 Å². The molecule has 2 aliphatic rings. The molecule has 0 atom stereocenters. The molecule has 0 radical (unpaired) electrons. The summed E-state index contributed by atoms with van der Waals surface area (Å²) in [6.45, 7) is 10.7. The third kappa shape index (κ3) is 2.86. The molecule has 1 saturated heterocycles. The van der Waals surface area contributed by atoms with Crippen molar-refractivity contribution in [1.82, 2.24) is 19.9 Å². The molecule has 1 aliphatic carbocycles. The minimum atomic E-state index is 0.143. The summed E-state index contributed by atoms with van der Waals surface area (Å²) in [5, 5.41) is 7.92. The van der Waals surface area contributed by atoms with Crippen LogP contribution >= 0.6 is 0 Å². The number of nitrogens with zero attached hydrogens (tertiary/aromatic N) is 4. The highest BCUT2D eigenvalue weighted by Crippen LogP contribution is 2.54. The SMILES string of the molecule is CC.CC(C)C1CC2(C1)CN(C(=O)Cn1nccn1)C2. The van der Waals surface area contributed by atoms with E-state index in [2.05, 4.69) is 24.0 Å². The molecular weight excluding hydrogens is 252 g/mol. The van der Waals surface area contributed by atoms with Gasteiger partial charge in [-0.1, -0.05) is 27.7 Å². The van der Waals surface area contributed by atoms with Crippen molar-refractivity contribution in [2.75, 3.05) is 13.1 Å². The number of likely N-dealkylation sites (tertiary alicyclic amines) is 1. The van der Waals surface area contributed by atoms with E-state index in [4.69, 9.17) is 0 Å². The zero-order chi connectivity index (χ0) is 14.8. The molecular formula is C15H26N4O. The van der Waals surface area contributed by atoms with Crippen molar-refractivity contribution in [1.29, 1.82) is 0 Å². The van der Waals surface area contributed by atoms with Gasteiger partial charge in [-0.2, -0.15) is 15.0 Å². The van der Waals surface area contributed by atoms with E-state index in [1.165, 1.54) is 17.6 Å². The summed E-state index contributed by atoms with van der Waals surface area (Å²) >= 11 is 0. The molecule has 1 aromatic rings. The molecule has 1 aliphatic heterocycles. The number of hydrogen-bond acceptors (Lipinski definition) is 3. The largest absolute Gasteiger partial charge is 0.340 e. The van der Waals surface area contributed by atoms with Gasteiger partial charge >= 0.3 is 0 Å². The summed E-state index contributed by atoms with van der Waals surface area (Å²) in [5.74, 6) is 1.80. The van der Waals surface area contributed by atoms with E-state index in [0.717, 1.165) is 24.9 Å². The van der Waals surface area contributed by atoms with Crippen LogP contribution in [0.15, 0.2) is 12.4 Å². The van der Waals surface area contributed by atoms with Crippen molar-refractivity contribution in [3.8, 4) is 0 Å². The molecule has 5 nitrogen and oxygen atoms in total. The van der Waals surface area contributed by atoms with Crippen LogP contribution in [0, 0.1) is 17.3 Å². The fourth-order valence-electron chi connectivity index (χ4n) is 3.27. The van der Waals surface area contributed by atoms with Gasteiger partial charge in [-0.25, -0.2) is 0 Å². The summed E-state index contributed by atoms with van der Waals surface area (Å²) in [4.78, 5) is 15.4. The maximum absolute atomic E-state index is 12.0. The molecule has 0 bridgehead atoms. The first kappa shape index (κ1) is 15.0. The van der Waals surface area contributed by atoms with Crippen LogP contribution in [-0.4, -0.2) is 38.9 Å². The molecule has 2 fully saturated rings. The molecule has 2 heterocycles. The van der Waals surface area contributed by atoms with Gasteiger partial charge in [0.25, 0.3) is 0 Å². The minimum Gasteiger partial charge on any atom is -0.340 e. The van der Waals surface area contributed by atoms with Crippen LogP contribution in [0.4, 0.5) is 0 Å². The molecule has 1 amide bonds. The highest BCUT2D eigenvalue weighted by Gasteiger charge is 2.53. The molecule has 0 unspecified atom stereocenters. The molecule has 1 saturated carbocycles. The van der Waals surface area contributed by atoms with Gasteiger partial charge in [-0.3, -0.25) is 4.79 Å². The molecule has 0 aromatic carbocycles. The minimum absolute atomic E-state index is 0.143. The topological polar surface area (TPSA) is 51.0 Å². The summed E-state index contributed by atoms with van der Waals surface area (Å²) in [5.41, 5.74) is 0.460. The highest BCUT2D eigenvalue weighted by molar-refractivity contribution is 5.77. The summed E-state index contributed by atoms with van der Waals surface area (Å²) in [7, 11) is 0. The van der Waals surface area contributed by atoms with E-state index in [1.54, 1.807) is 12.4 Å². The number of hydrogen-bond donors (Lipinski definition) is 0. The van der Waals surface area contributed by atoms with E-state index >= 15 is 0 Å². The molecule has 20 heavy (non-hydrogen) atoms. The van der Waals surface area contributed by atoms with Crippen LogP contribution < -0.4 is 0 Å². The summed E-state index contributed by atoms with van der Waals surface area (Å²) in [6.07, 6.45) is 5.80. The average Bonchev–Trinajstić information content (AvgIpc) is 2.80. The monoisotopic (exact) mass is 278 g/mol. The predicted molar refractivity (Wildman–Crippen MR) is 77.9 cm³/mol. The van der Waals surface area contributed by atoms with E-state index in [9.17, 15) is 4.79 Å². The average molecular weight is 278 g/mol. The lowest BCUT2D eigenvalue weighted by atomic mass is 9.55. The van der Waals surface area contributed by atoms with E-state index in [1.807, 2.05) is 18.7 Å². The quantitative estimate of drug-likeness (QED) is 0.851. The van der Waals surface area contributed by atoms with Crippen LogP contribution in [0.5, 0.6) is 0 Å². The Morgan fingerprint density at radius 3 is 2.30 bits per heavy atom. The van der Waals surface area contributed by atoms with Crippen molar-refractivity contribution in [2.45, 2.75) is 47.1 Å². The second-order valence-electron chi connectivity index (χ2n) is 6.22. The van der Waals surface area contributed by atoms with Crippen LogP contribution in [0.3, 0.4) is 0 Å². The maximum Gasteiger partial charge on any atom is 0.246 e. The smallest absolute Gasteiger partial charge is 0.246 e. The van der Waals surface area contributed by atoms with Gasteiger partial charge < -0.3 is 4.90 Å².